The first kappa shape index (κ1) is 22.8. The van der Waals surface area contributed by atoms with Crippen molar-refractivity contribution in [3.63, 3.8) is 0 Å². The largest absolute Gasteiger partial charge is 0.383 e. The van der Waals surface area contributed by atoms with Crippen LogP contribution in [-0.2, 0) is 16.1 Å². The van der Waals surface area contributed by atoms with Gasteiger partial charge in [0.1, 0.15) is 11.9 Å². The molecule has 4 rings (SSSR count). The number of nitrogens with two attached hydrogens (primary N) is 1. The van der Waals surface area contributed by atoms with Gasteiger partial charge in [-0.25, -0.2) is 4.98 Å². The number of hydrogen-bond acceptors (Lipinski definition) is 5. The molecule has 3 N–H and O–H groups in total. The molecule has 0 spiro atoms. The number of amides is 3. The minimum atomic E-state index is -0.404. The lowest BCUT2D eigenvalue weighted by Crippen LogP contribution is -2.49. The Balaban J connectivity index is 1.32. The van der Waals surface area contributed by atoms with Crippen molar-refractivity contribution in [1.29, 1.82) is 0 Å². The van der Waals surface area contributed by atoms with Gasteiger partial charge in [-0.05, 0) is 43.9 Å². The van der Waals surface area contributed by atoms with Crippen LogP contribution in [0.3, 0.4) is 0 Å². The molecular weight excluding hydrogens is 418 g/mol. The summed E-state index contributed by atoms with van der Waals surface area (Å²) in [5, 5.41) is 2.88. The average molecular weight is 450 g/mol. The Morgan fingerprint density at radius 3 is 2.48 bits per heavy atom. The first-order valence-electron chi connectivity index (χ1n) is 11.6. The fraction of sp³-hybridized carbons (Fsp3) is 0.440. The second-order valence-electron chi connectivity index (χ2n) is 8.80. The third kappa shape index (κ3) is 5.16. The summed E-state index contributed by atoms with van der Waals surface area (Å²) >= 11 is 0. The molecule has 3 heterocycles. The van der Waals surface area contributed by atoms with Crippen LogP contribution in [-0.4, -0.2) is 58.2 Å². The van der Waals surface area contributed by atoms with Gasteiger partial charge in [0.2, 0.25) is 11.8 Å². The van der Waals surface area contributed by atoms with E-state index in [9.17, 15) is 14.4 Å². The highest BCUT2D eigenvalue weighted by Gasteiger charge is 2.34. The number of nitrogen functional groups attached to an aromatic ring is 1. The Morgan fingerprint density at radius 2 is 1.85 bits per heavy atom. The maximum Gasteiger partial charge on any atom is 0.255 e. The monoisotopic (exact) mass is 449 g/mol. The number of likely N-dealkylation sites (tertiary alicyclic amines) is 2. The summed E-state index contributed by atoms with van der Waals surface area (Å²) in [6.45, 7) is 4.15. The van der Waals surface area contributed by atoms with Crippen molar-refractivity contribution >= 4 is 23.5 Å². The number of anilines is 1. The number of carbonyl (C=O) groups is 3. The molecule has 0 radical (unpaired) electrons. The van der Waals surface area contributed by atoms with E-state index < -0.39 is 6.04 Å². The minimum absolute atomic E-state index is 0.0154. The summed E-state index contributed by atoms with van der Waals surface area (Å²) in [6.07, 6.45) is 2.91. The van der Waals surface area contributed by atoms with Gasteiger partial charge in [0.15, 0.2) is 0 Å². The molecule has 2 fully saturated rings. The highest BCUT2D eigenvalue weighted by Crippen LogP contribution is 2.29. The molecule has 1 aromatic carbocycles. The van der Waals surface area contributed by atoms with Gasteiger partial charge >= 0.3 is 0 Å². The topological polar surface area (TPSA) is 109 Å². The summed E-state index contributed by atoms with van der Waals surface area (Å²) in [4.78, 5) is 45.4. The number of aromatic nitrogens is 1. The van der Waals surface area contributed by atoms with Crippen LogP contribution in [0.15, 0.2) is 42.5 Å². The van der Waals surface area contributed by atoms with Crippen LogP contribution in [0.2, 0.25) is 0 Å². The molecule has 0 unspecified atom stereocenters. The molecule has 8 heteroatoms. The van der Waals surface area contributed by atoms with Crippen LogP contribution in [0, 0.1) is 0 Å². The molecule has 0 bridgehead atoms. The zero-order chi connectivity index (χ0) is 23.4. The first-order valence-corrected chi connectivity index (χ1v) is 11.6. The second-order valence-corrected chi connectivity index (χ2v) is 8.80. The minimum Gasteiger partial charge on any atom is -0.383 e. The van der Waals surface area contributed by atoms with E-state index in [0.29, 0.717) is 38.2 Å². The Morgan fingerprint density at radius 1 is 1.12 bits per heavy atom. The Hall–Kier alpha value is -3.42. The van der Waals surface area contributed by atoms with Gasteiger partial charge in [-0.2, -0.15) is 0 Å². The van der Waals surface area contributed by atoms with E-state index in [1.54, 1.807) is 11.0 Å². The van der Waals surface area contributed by atoms with Gasteiger partial charge < -0.3 is 20.9 Å². The van der Waals surface area contributed by atoms with Crippen molar-refractivity contribution in [2.24, 2.45) is 0 Å². The number of rotatable bonds is 6. The van der Waals surface area contributed by atoms with Gasteiger partial charge in [-0.15, -0.1) is 0 Å². The fourth-order valence-electron chi connectivity index (χ4n) is 4.66. The van der Waals surface area contributed by atoms with Gasteiger partial charge in [-0.3, -0.25) is 14.4 Å². The van der Waals surface area contributed by atoms with E-state index in [-0.39, 0.29) is 29.5 Å². The molecule has 3 amide bonds. The normalized spacial score (nSPS) is 17.8. The summed E-state index contributed by atoms with van der Waals surface area (Å²) in [5.74, 6) is 0.237. The number of carbonyl (C=O) groups excluding carboxylic acids is 3. The molecule has 1 aromatic heterocycles. The predicted octanol–water partition coefficient (Wildman–Crippen LogP) is 2.31. The summed E-state index contributed by atoms with van der Waals surface area (Å²) in [5.41, 5.74) is 8.35. The maximum atomic E-state index is 12.9. The molecule has 2 aliphatic rings. The highest BCUT2D eigenvalue weighted by molar-refractivity contribution is 5.98. The predicted molar refractivity (Wildman–Crippen MR) is 125 cm³/mol. The number of benzene rings is 1. The van der Waals surface area contributed by atoms with Crippen LogP contribution in [0.4, 0.5) is 5.82 Å². The number of hydrogen-bond donors (Lipinski definition) is 2. The molecular formula is C25H31N5O3. The van der Waals surface area contributed by atoms with E-state index in [1.165, 1.54) is 0 Å². The zero-order valence-corrected chi connectivity index (χ0v) is 19.0. The zero-order valence-electron chi connectivity index (χ0n) is 19.0. The number of nitrogens with zero attached hydrogens (tertiary/aromatic N) is 3. The lowest BCUT2D eigenvalue weighted by atomic mass is 9.92. The Bertz CT molecular complexity index is 1020. The lowest BCUT2D eigenvalue weighted by molar-refractivity contribution is -0.143. The Kier molecular flexibility index (Phi) is 6.91. The van der Waals surface area contributed by atoms with Crippen molar-refractivity contribution in [2.75, 3.05) is 25.4 Å². The highest BCUT2D eigenvalue weighted by atomic mass is 16.2. The molecule has 0 saturated carbocycles. The molecule has 2 aliphatic heterocycles. The van der Waals surface area contributed by atoms with Crippen molar-refractivity contribution in [2.45, 2.75) is 51.1 Å². The Labute approximate surface area is 194 Å². The van der Waals surface area contributed by atoms with Crippen LogP contribution >= 0.6 is 0 Å². The van der Waals surface area contributed by atoms with Crippen LogP contribution in [0.5, 0.6) is 0 Å². The van der Waals surface area contributed by atoms with Crippen LogP contribution in [0.1, 0.15) is 60.1 Å². The van der Waals surface area contributed by atoms with Gasteiger partial charge in [-0.1, -0.05) is 30.3 Å². The van der Waals surface area contributed by atoms with Crippen molar-refractivity contribution in [3.05, 3.63) is 59.3 Å². The lowest BCUT2D eigenvalue weighted by Gasteiger charge is -2.35. The quantitative estimate of drug-likeness (QED) is 0.704. The van der Waals surface area contributed by atoms with Crippen LogP contribution in [0.25, 0.3) is 0 Å². The third-order valence-electron chi connectivity index (χ3n) is 6.65. The number of nitrogens with one attached hydrogen (secondary N) is 1. The van der Waals surface area contributed by atoms with E-state index in [1.807, 2.05) is 48.2 Å². The molecule has 2 saturated heterocycles. The molecule has 2 aromatic rings. The number of piperidine rings is 1. The first-order chi connectivity index (χ1) is 15.9. The molecule has 174 valence electrons. The van der Waals surface area contributed by atoms with Gasteiger partial charge in [0, 0.05) is 44.2 Å². The van der Waals surface area contributed by atoms with Crippen molar-refractivity contribution < 1.29 is 14.4 Å². The van der Waals surface area contributed by atoms with E-state index >= 15 is 0 Å². The average Bonchev–Trinajstić information content (AvgIpc) is 3.28. The second kappa shape index (κ2) is 10.0. The SMILES string of the molecule is C[C@H](C(=O)N1CCC(c2ccc(C(=O)NCc3ccccc3)c(N)n2)CC1)N1CCCC1=O. The van der Waals surface area contributed by atoms with Crippen LogP contribution < -0.4 is 11.1 Å². The summed E-state index contributed by atoms with van der Waals surface area (Å²) < 4.78 is 0. The van der Waals surface area contributed by atoms with Crippen molar-refractivity contribution in [1.82, 2.24) is 20.1 Å². The maximum absolute atomic E-state index is 12.9. The standard InChI is InChI=1S/C25H31N5O3/c1-17(30-13-5-8-22(30)31)25(33)29-14-11-19(12-15-29)21-10-9-20(23(26)28-21)24(32)27-16-18-6-3-2-4-7-18/h2-4,6-7,9-10,17,19H,5,8,11-16H2,1H3,(H2,26,28)(H,27,32)/t17-/m1/s1. The molecule has 0 aliphatic carbocycles. The molecule has 33 heavy (non-hydrogen) atoms. The fourth-order valence-corrected chi connectivity index (χ4v) is 4.66. The van der Waals surface area contributed by atoms with E-state index in [0.717, 1.165) is 30.5 Å². The summed E-state index contributed by atoms with van der Waals surface area (Å²) in [6, 6.07) is 12.9. The third-order valence-corrected chi connectivity index (χ3v) is 6.65. The summed E-state index contributed by atoms with van der Waals surface area (Å²) in [7, 11) is 0. The van der Waals surface area contributed by atoms with Gasteiger partial charge in [0.05, 0.1) is 5.56 Å². The molecule has 8 nitrogen and oxygen atoms in total. The number of pyridine rings is 1. The smallest absolute Gasteiger partial charge is 0.255 e. The van der Waals surface area contributed by atoms with E-state index in [4.69, 9.17) is 5.73 Å². The van der Waals surface area contributed by atoms with Gasteiger partial charge in [0.25, 0.3) is 5.91 Å². The van der Waals surface area contributed by atoms with E-state index in [2.05, 4.69) is 10.3 Å². The van der Waals surface area contributed by atoms with Crippen molar-refractivity contribution in [3.8, 4) is 0 Å². The molecule has 1 atom stereocenters.